The van der Waals surface area contributed by atoms with Gasteiger partial charge in [0.15, 0.2) is 23.1 Å². The molecular formula is C45H25N7O2. The zero-order chi connectivity index (χ0) is 35.6. The molecule has 252 valence electrons. The van der Waals surface area contributed by atoms with Crippen molar-refractivity contribution in [3.05, 3.63) is 152 Å². The highest BCUT2D eigenvalue weighted by Crippen LogP contribution is 2.40. The summed E-state index contributed by atoms with van der Waals surface area (Å²) in [5.41, 5.74) is 10.1. The Morgan fingerprint density at radius 1 is 0.389 bits per heavy atom. The minimum absolute atomic E-state index is 0.518. The maximum absolute atomic E-state index is 6.56. The Balaban J connectivity index is 1.00. The van der Waals surface area contributed by atoms with Crippen molar-refractivity contribution in [2.45, 2.75) is 0 Å². The minimum Gasteiger partial charge on any atom is -0.456 e. The molecule has 11 rings (SSSR count). The van der Waals surface area contributed by atoms with Gasteiger partial charge in [-0.1, -0.05) is 72.8 Å². The molecule has 0 fully saturated rings. The van der Waals surface area contributed by atoms with E-state index in [1.165, 1.54) is 0 Å². The van der Waals surface area contributed by atoms with E-state index in [0.717, 1.165) is 88.2 Å². The lowest BCUT2D eigenvalue weighted by atomic mass is 9.95. The molecule has 0 spiro atoms. The fraction of sp³-hybridized carbons (Fsp3) is 0. The van der Waals surface area contributed by atoms with Crippen LogP contribution in [0.1, 0.15) is 0 Å². The topological polar surface area (TPSA) is 117 Å². The van der Waals surface area contributed by atoms with Gasteiger partial charge in [0.25, 0.3) is 0 Å². The Hall–Kier alpha value is -7.65. The monoisotopic (exact) mass is 695 g/mol. The molecule has 9 heteroatoms. The van der Waals surface area contributed by atoms with Crippen molar-refractivity contribution in [1.29, 1.82) is 0 Å². The summed E-state index contributed by atoms with van der Waals surface area (Å²) in [5.74, 6) is 2.18. The third kappa shape index (κ3) is 4.83. The molecule has 11 aromatic rings. The molecule has 6 aromatic heterocycles. The van der Waals surface area contributed by atoms with Crippen LogP contribution in [0.4, 0.5) is 0 Å². The fourth-order valence-corrected chi connectivity index (χ4v) is 7.27. The predicted molar refractivity (Wildman–Crippen MR) is 210 cm³/mol. The van der Waals surface area contributed by atoms with Crippen molar-refractivity contribution in [1.82, 2.24) is 34.9 Å². The van der Waals surface area contributed by atoms with Crippen molar-refractivity contribution in [2.24, 2.45) is 0 Å². The van der Waals surface area contributed by atoms with Crippen LogP contribution in [-0.4, -0.2) is 34.9 Å². The molecule has 0 atom stereocenters. The first kappa shape index (κ1) is 30.0. The summed E-state index contributed by atoms with van der Waals surface area (Å²) in [6, 6.07) is 42.3. The van der Waals surface area contributed by atoms with Gasteiger partial charge in [0.05, 0.1) is 16.4 Å². The van der Waals surface area contributed by atoms with Gasteiger partial charge >= 0.3 is 0 Å². The van der Waals surface area contributed by atoms with Gasteiger partial charge in [-0.15, -0.1) is 0 Å². The second kappa shape index (κ2) is 12.0. The molecule has 5 aromatic carbocycles. The number of hydrogen-bond donors (Lipinski definition) is 0. The van der Waals surface area contributed by atoms with E-state index in [1.807, 2.05) is 60.7 Å². The molecule has 0 radical (unpaired) electrons. The number of rotatable bonds is 5. The first-order valence-corrected chi connectivity index (χ1v) is 17.5. The van der Waals surface area contributed by atoms with Gasteiger partial charge in [0.2, 0.25) is 5.89 Å². The Labute approximate surface area is 306 Å². The highest BCUT2D eigenvalue weighted by Gasteiger charge is 2.19. The Bertz CT molecular complexity index is 3220. The molecule has 9 nitrogen and oxygen atoms in total. The smallest absolute Gasteiger partial charge is 0.227 e. The van der Waals surface area contributed by atoms with E-state index in [2.05, 4.69) is 81.7 Å². The molecule has 0 saturated heterocycles. The third-order valence-corrected chi connectivity index (χ3v) is 9.81. The van der Waals surface area contributed by atoms with Gasteiger partial charge in [-0.2, -0.15) is 0 Å². The highest BCUT2D eigenvalue weighted by atomic mass is 16.4. The maximum atomic E-state index is 6.56. The number of aromatic nitrogens is 7. The van der Waals surface area contributed by atoms with Gasteiger partial charge in [-0.25, -0.2) is 19.9 Å². The van der Waals surface area contributed by atoms with Gasteiger partial charge < -0.3 is 8.83 Å². The van der Waals surface area contributed by atoms with Crippen molar-refractivity contribution in [3.8, 4) is 56.7 Å². The van der Waals surface area contributed by atoms with Crippen LogP contribution in [-0.2, 0) is 0 Å². The number of benzene rings is 5. The number of pyridine rings is 3. The molecule has 0 N–H and O–H groups in total. The van der Waals surface area contributed by atoms with E-state index in [1.54, 1.807) is 24.8 Å². The van der Waals surface area contributed by atoms with Crippen LogP contribution in [0.3, 0.4) is 0 Å². The molecule has 0 bridgehead atoms. The minimum atomic E-state index is 0.518. The Morgan fingerprint density at radius 3 is 1.96 bits per heavy atom. The summed E-state index contributed by atoms with van der Waals surface area (Å²) in [6.45, 7) is 0. The molecule has 0 aliphatic carbocycles. The van der Waals surface area contributed by atoms with Crippen LogP contribution in [0.2, 0.25) is 0 Å². The van der Waals surface area contributed by atoms with Crippen molar-refractivity contribution >= 4 is 54.8 Å². The molecule has 6 heterocycles. The number of oxazole rings is 1. The van der Waals surface area contributed by atoms with Crippen LogP contribution < -0.4 is 0 Å². The standard InChI is InChI=1S/C45H25N7O2/c1-2-12-37-33(6-1)39-38(53-37)18-17-36-41(39)54-45(49-36)32-10-4-8-30-29(7-3-9-31(30)32)26-13-15-27(16-14-26)42-50-43(28-19-23-46-24-20-28)52-44(51-42)34-21-25-47-35-11-5-22-48-40(34)35/h1-25H. The lowest BCUT2D eigenvalue weighted by Crippen LogP contribution is -2.01. The van der Waals surface area contributed by atoms with E-state index < -0.39 is 0 Å². The van der Waals surface area contributed by atoms with Crippen LogP contribution in [0.5, 0.6) is 0 Å². The number of furan rings is 1. The number of para-hydroxylation sites is 1. The average Bonchev–Trinajstić information content (AvgIpc) is 3.85. The molecular weight excluding hydrogens is 671 g/mol. The van der Waals surface area contributed by atoms with Crippen molar-refractivity contribution in [2.75, 3.05) is 0 Å². The van der Waals surface area contributed by atoms with Gasteiger partial charge in [0, 0.05) is 52.4 Å². The zero-order valence-corrected chi connectivity index (χ0v) is 28.4. The van der Waals surface area contributed by atoms with Gasteiger partial charge in [-0.05, 0) is 76.5 Å². The van der Waals surface area contributed by atoms with Crippen molar-refractivity contribution in [3.63, 3.8) is 0 Å². The van der Waals surface area contributed by atoms with Crippen LogP contribution >= 0.6 is 0 Å². The maximum Gasteiger partial charge on any atom is 0.227 e. The first-order chi connectivity index (χ1) is 26.7. The van der Waals surface area contributed by atoms with Gasteiger partial charge in [-0.3, -0.25) is 15.0 Å². The highest BCUT2D eigenvalue weighted by molar-refractivity contribution is 6.16. The lowest BCUT2D eigenvalue weighted by Gasteiger charge is -2.11. The SMILES string of the molecule is c1cnc2c(-c3nc(-c4ccncc4)nc(-c4ccc(-c5cccc6c(-c7nc8ccc9oc%10ccccc%10c9c8o7)cccc56)cc4)n3)ccnc2c1. The largest absolute Gasteiger partial charge is 0.456 e. The van der Waals surface area contributed by atoms with Crippen LogP contribution in [0.25, 0.3) is 112 Å². The van der Waals surface area contributed by atoms with E-state index >= 15 is 0 Å². The van der Waals surface area contributed by atoms with E-state index in [9.17, 15) is 0 Å². The quantitative estimate of drug-likeness (QED) is 0.173. The molecule has 0 unspecified atom stereocenters. The third-order valence-electron chi connectivity index (χ3n) is 9.81. The molecule has 0 amide bonds. The van der Waals surface area contributed by atoms with Crippen LogP contribution in [0, 0.1) is 0 Å². The van der Waals surface area contributed by atoms with E-state index in [4.69, 9.17) is 28.8 Å². The second-order valence-electron chi connectivity index (χ2n) is 13.0. The Morgan fingerprint density at radius 2 is 1.11 bits per heavy atom. The summed E-state index contributed by atoms with van der Waals surface area (Å²) in [7, 11) is 0. The van der Waals surface area contributed by atoms with E-state index in [-0.39, 0.29) is 0 Å². The van der Waals surface area contributed by atoms with Crippen LogP contribution in [0.15, 0.2) is 161 Å². The van der Waals surface area contributed by atoms with Crippen molar-refractivity contribution < 1.29 is 8.83 Å². The lowest BCUT2D eigenvalue weighted by molar-refractivity contribution is 0.623. The fourth-order valence-electron chi connectivity index (χ4n) is 7.27. The molecule has 0 aliphatic heterocycles. The van der Waals surface area contributed by atoms with E-state index in [0.29, 0.717) is 23.4 Å². The zero-order valence-electron chi connectivity index (χ0n) is 28.4. The predicted octanol–water partition coefficient (Wildman–Crippen LogP) is 10.7. The number of fused-ring (bicyclic) bond motifs is 7. The molecule has 54 heavy (non-hydrogen) atoms. The summed E-state index contributed by atoms with van der Waals surface area (Å²) >= 11 is 0. The number of nitrogens with zero attached hydrogens (tertiary/aromatic N) is 7. The summed E-state index contributed by atoms with van der Waals surface area (Å²) in [5, 5.41) is 4.07. The number of hydrogen-bond acceptors (Lipinski definition) is 9. The summed E-state index contributed by atoms with van der Waals surface area (Å²) < 4.78 is 12.7. The Kier molecular flexibility index (Phi) is 6.65. The average molecular weight is 696 g/mol. The normalized spacial score (nSPS) is 11.7. The summed E-state index contributed by atoms with van der Waals surface area (Å²) in [4.78, 5) is 33.0. The summed E-state index contributed by atoms with van der Waals surface area (Å²) in [6.07, 6.45) is 6.97. The first-order valence-electron chi connectivity index (χ1n) is 17.5. The molecule has 0 aliphatic rings. The van der Waals surface area contributed by atoms with Gasteiger partial charge in [0.1, 0.15) is 16.7 Å². The molecule has 0 saturated carbocycles. The second-order valence-corrected chi connectivity index (χ2v) is 13.0.